The number of likely N-dealkylation sites (N-methyl/N-ethyl adjacent to an activating group) is 2. The highest BCUT2D eigenvalue weighted by atomic mass is 32.2. The van der Waals surface area contributed by atoms with Crippen molar-refractivity contribution in [2.45, 2.75) is 23.4 Å². The van der Waals surface area contributed by atoms with Crippen LogP contribution in [-0.2, 0) is 14.8 Å². The van der Waals surface area contributed by atoms with E-state index in [0.717, 1.165) is 12.1 Å². The number of nitrogens with one attached hydrogen (secondary N) is 1. The predicted octanol–water partition coefficient (Wildman–Crippen LogP) is 0.265. The van der Waals surface area contributed by atoms with E-state index in [1.165, 1.54) is 16.4 Å². The van der Waals surface area contributed by atoms with Gasteiger partial charge in [0.05, 0.1) is 10.9 Å². The van der Waals surface area contributed by atoms with E-state index in [1.807, 2.05) is 11.9 Å². The number of carbonyl (C=O) groups is 1. The van der Waals surface area contributed by atoms with Crippen LogP contribution in [0.1, 0.15) is 6.42 Å². The molecule has 2 aliphatic rings. The van der Waals surface area contributed by atoms with Gasteiger partial charge in [-0.3, -0.25) is 9.69 Å². The van der Waals surface area contributed by atoms with Crippen molar-refractivity contribution < 1.29 is 17.6 Å². The van der Waals surface area contributed by atoms with E-state index in [-0.39, 0.29) is 28.8 Å². The maximum Gasteiger partial charge on any atom is 0.243 e. The molecule has 2 aliphatic heterocycles. The number of halogens is 1. The molecule has 2 heterocycles. The molecule has 0 aliphatic carbocycles. The number of hydrogen-bond acceptors (Lipinski definition) is 4. The summed E-state index contributed by atoms with van der Waals surface area (Å²) in [5.41, 5.74) is 0. The van der Waals surface area contributed by atoms with Gasteiger partial charge >= 0.3 is 0 Å². The molecule has 0 spiro atoms. The van der Waals surface area contributed by atoms with Crippen molar-refractivity contribution in [2.75, 3.05) is 27.2 Å². The molecule has 6 nitrogen and oxygen atoms in total. The Morgan fingerprint density at radius 3 is 2.48 bits per heavy atom. The number of rotatable bonds is 3. The van der Waals surface area contributed by atoms with Gasteiger partial charge in [0.15, 0.2) is 0 Å². The van der Waals surface area contributed by atoms with Crippen LogP contribution in [0.2, 0.25) is 0 Å². The van der Waals surface area contributed by atoms with Crippen molar-refractivity contribution in [3.05, 3.63) is 30.1 Å². The number of carbonyl (C=O) groups excluding carboxylic acids is 1. The molecule has 0 unspecified atom stereocenters. The average Bonchev–Trinajstić information content (AvgIpc) is 3.07. The Labute approximate surface area is 135 Å². The minimum absolute atomic E-state index is 0.0326. The Morgan fingerprint density at radius 1 is 1.26 bits per heavy atom. The van der Waals surface area contributed by atoms with Crippen LogP contribution in [0, 0.1) is 11.7 Å². The summed E-state index contributed by atoms with van der Waals surface area (Å²) in [5, 5.41) is 2.65. The van der Waals surface area contributed by atoms with E-state index < -0.39 is 15.8 Å². The molecule has 1 amide bonds. The number of benzene rings is 1. The Morgan fingerprint density at radius 2 is 1.91 bits per heavy atom. The van der Waals surface area contributed by atoms with Crippen molar-refractivity contribution in [3.63, 3.8) is 0 Å². The van der Waals surface area contributed by atoms with E-state index in [4.69, 9.17) is 0 Å². The normalized spacial score (nSPS) is 28.7. The number of amides is 1. The van der Waals surface area contributed by atoms with Crippen LogP contribution in [0.25, 0.3) is 0 Å². The third kappa shape index (κ3) is 2.75. The SMILES string of the molecule is CNC(=O)[C@@H]1C[C@H]2CN(S(=O)(=O)c3ccc(F)cc3)C[C@H]2N1C. The van der Waals surface area contributed by atoms with Crippen molar-refractivity contribution >= 4 is 15.9 Å². The highest BCUT2D eigenvalue weighted by Crippen LogP contribution is 2.36. The lowest BCUT2D eigenvalue weighted by molar-refractivity contribution is -0.125. The van der Waals surface area contributed by atoms with Gasteiger partial charge < -0.3 is 5.32 Å². The molecule has 1 N–H and O–H groups in total. The number of fused-ring (bicyclic) bond motifs is 1. The molecule has 0 radical (unpaired) electrons. The molecular weight excluding hydrogens is 321 g/mol. The zero-order chi connectivity index (χ0) is 16.8. The standard InChI is InChI=1S/C15H20FN3O3S/c1-17-15(20)13-7-10-8-19(9-14(10)18(13)2)23(21,22)12-5-3-11(16)4-6-12/h3-6,10,13-14H,7-9H2,1-2H3,(H,17,20)/t10-,13-,14+/m0/s1. The summed E-state index contributed by atoms with van der Waals surface area (Å²) in [7, 11) is -0.158. The van der Waals surface area contributed by atoms with Gasteiger partial charge in [-0.15, -0.1) is 0 Å². The number of hydrogen-bond donors (Lipinski definition) is 1. The van der Waals surface area contributed by atoms with Gasteiger partial charge in [0, 0.05) is 26.2 Å². The molecule has 23 heavy (non-hydrogen) atoms. The van der Waals surface area contributed by atoms with E-state index >= 15 is 0 Å². The van der Waals surface area contributed by atoms with E-state index in [9.17, 15) is 17.6 Å². The van der Waals surface area contributed by atoms with Crippen molar-refractivity contribution in [3.8, 4) is 0 Å². The van der Waals surface area contributed by atoms with Crippen LogP contribution in [0.4, 0.5) is 4.39 Å². The molecule has 3 rings (SSSR count). The number of likely N-dealkylation sites (tertiary alicyclic amines) is 1. The summed E-state index contributed by atoms with van der Waals surface area (Å²) in [6.45, 7) is 0.747. The van der Waals surface area contributed by atoms with Crippen molar-refractivity contribution in [1.82, 2.24) is 14.5 Å². The summed E-state index contributed by atoms with van der Waals surface area (Å²) < 4.78 is 39.7. The molecule has 0 aromatic heterocycles. The molecule has 1 aromatic rings. The molecule has 3 atom stereocenters. The average molecular weight is 341 g/mol. The van der Waals surface area contributed by atoms with Crippen LogP contribution >= 0.6 is 0 Å². The van der Waals surface area contributed by atoms with Gasteiger partial charge in [-0.2, -0.15) is 4.31 Å². The molecule has 2 fully saturated rings. The minimum atomic E-state index is -3.62. The summed E-state index contributed by atoms with van der Waals surface area (Å²) in [5.74, 6) is -0.359. The highest BCUT2D eigenvalue weighted by molar-refractivity contribution is 7.89. The first-order chi connectivity index (χ1) is 10.8. The predicted molar refractivity (Wildman–Crippen MR) is 82.7 cm³/mol. The first-order valence-electron chi connectivity index (χ1n) is 7.54. The van der Waals surface area contributed by atoms with Crippen LogP contribution in [0.3, 0.4) is 0 Å². The zero-order valence-corrected chi connectivity index (χ0v) is 13.9. The van der Waals surface area contributed by atoms with Crippen LogP contribution < -0.4 is 5.32 Å². The number of sulfonamides is 1. The Balaban J connectivity index is 1.77. The van der Waals surface area contributed by atoms with Crippen molar-refractivity contribution in [1.29, 1.82) is 0 Å². The van der Waals surface area contributed by atoms with E-state index in [0.29, 0.717) is 19.5 Å². The quantitative estimate of drug-likeness (QED) is 0.857. The zero-order valence-electron chi connectivity index (χ0n) is 13.1. The topological polar surface area (TPSA) is 69.7 Å². The Kier molecular flexibility index (Phi) is 4.16. The highest BCUT2D eigenvalue weighted by Gasteiger charge is 2.49. The van der Waals surface area contributed by atoms with Gasteiger partial charge in [-0.1, -0.05) is 0 Å². The van der Waals surface area contributed by atoms with Crippen LogP contribution in [0.15, 0.2) is 29.2 Å². The van der Waals surface area contributed by atoms with Gasteiger partial charge in [-0.05, 0) is 43.7 Å². The second-order valence-corrected chi connectivity index (χ2v) is 8.07. The first-order valence-corrected chi connectivity index (χ1v) is 8.98. The summed E-state index contributed by atoms with van der Waals surface area (Å²) in [6, 6.07) is 4.71. The van der Waals surface area contributed by atoms with Gasteiger partial charge in [0.1, 0.15) is 5.82 Å². The Bertz CT molecular complexity index is 707. The number of nitrogens with zero attached hydrogens (tertiary/aromatic N) is 2. The fraction of sp³-hybridized carbons (Fsp3) is 0.533. The molecule has 8 heteroatoms. The molecule has 126 valence electrons. The molecule has 2 saturated heterocycles. The second-order valence-electron chi connectivity index (χ2n) is 6.13. The van der Waals surface area contributed by atoms with Crippen LogP contribution in [-0.4, -0.2) is 62.8 Å². The third-order valence-electron chi connectivity index (χ3n) is 4.91. The minimum Gasteiger partial charge on any atom is -0.358 e. The molecule has 1 aromatic carbocycles. The smallest absolute Gasteiger partial charge is 0.243 e. The van der Waals surface area contributed by atoms with Gasteiger partial charge in [-0.25, -0.2) is 12.8 Å². The summed E-state index contributed by atoms with van der Waals surface area (Å²) in [6.07, 6.45) is 0.649. The molecule has 0 bridgehead atoms. The maximum atomic E-state index is 13.0. The lowest BCUT2D eigenvalue weighted by Gasteiger charge is -2.25. The van der Waals surface area contributed by atoms with Crippen LogP contribution in [0.5, 0.6) is 0 Å². The molecular formula is C15H20FN3O3S. The summed E-state index contributed by atoms with van der Waals surface area (Å²) >= 11 is 0. The van der Waals surface area contributed by atoms with E-state index in [1.54, 1.807) is 7.05 Å². The lowest BCUT2D eigenvalue weighted by atomic mass is 10.0. The Hall–Kier alpha value is -1.51. The molecule has 0 saturated carbocycles. The monoisotopic (exact) mass is 341 g/mol. The lowest BCUT2D eigenvalue weighted by Crippen LogP contribution is -2.45. The third-order valence-corrected chi connectivity index (χ3v) is 6.76. The second kappa shape index (κ2) is 5.85. The largest absolute Gasteiger partial charge is 0.358 e. The fourth-order valence-corrected chi connectivity index (χ4v) is 5.12. The van der Waals surface area contributed by atoms with Gasteiger partial charge in [0.2, 0.25) is 15.9 Å². The van der Waals surface area contributed by atoms with Gasteiger partial charge in [0.25, 0.3) is 0 Å². The first kappa shape index (κ1) is 16.4. The van der Waals surface area contributed by atoms with E-state index in [2.05, 4.69) is 5.32 Å². The fourth-order valence-electron chi connectivity index (χ4n) is 3.60. The summed E-state index contributed by atoms with van der Waals surface area (Å²) in [4.78, 5) is 13.9. The van der Waals surface area contributed by atoms with Crippen molar-refractivity contribution in [2.24, 2.45) is 5.92 Å². The maximum absolute atomic E-state index is 13.0.